The van der Waals surface area contributed by atoms with E-state index in [0.717, 1.165) is 12.4 Å². The highest BCUT2D eigenvalue weighted by atomic mass is 16.2. The quantitative estimate of drug-likeness (QED) is 0.459. The number of rotatable bonds is 0. The lowest BCUT2D eigenvalue weighted by Gasteiger charge is -1.60. The number of H-pyrrole nitrogens is 1. The molecule has 46 valence electrons. The van der Waals surface area contributed by atoms with E-state index in [1.165, 1.54) is 0 Å². The third-order valence-electron chi connectivity index (χ3n) is 0.664. The van der Waals surface area contributed by atoms with Gasteiger partial charge in [0.25, 0.3) is 0 Å². The summed E-state index contributed by atoms with van der Waals surface area (Å²) in [7, 11) is 0. The van der Waals surface area contributed by atoms with Crippen LogP contribution in [0.5, 0.6) is 0 Å². The number of hydrogen-bond acceptors (Lipinski definition) is 4. The van der Waals surface area contributed by atoms with Crippen molar-refractivity contribution in [3.63, 3.8) is 0 Å². The van der Waals surface area contributed by atoms with Gasteiger partial charge in [-0.05, 0) is 0 Å². The summed E-state index contributed by atoms with van der Waals surface area (Å²) >= 11 is 0. The molecular formula is C4H3N3O2. The lowest BCUT2D eigenvalue weighted by molar-refractivity contribution is 1.04. The molecule has 1 heterocycles. The number of nitrogens with zero attached hydrogens (tertiary/aromatic N) is 2. The average Bonchev–Trinajstić information content (AvgIpc) is 1.93. The molecular weight excluding hydrogens is 122 g/mol. The van der Waals surface area contributed by atoms with E-state index in [1.807, 2.05) is 4.98 Å². The second-order valence-electron chi connectivity index (χ2n) is 1.29. The van der Waals surface area contributed by atoms with Gasteiger partial charge in [0.15, 0.2) is 0 Å². The van der Waals surface area contributed by atoms with Crippen LogP contribution >= 0.6 is 0 Å². The van der Waals surface area contributed by atoms with Crippen molar-refractivity contribution < 1.29 is 0 Å². The topological polar surface area (TPSA) is 75.7 Å². The largest absolute Gasteiger partial charge is 0.349 e. The van der Waals surface area contributed by atoms with Crippen molar-refractivity contribution in [1.29, 1.82) is 0 Å². The normalized spacial score (nSPS) is 8.89. The van der Waals surface area contributed by atoms with Gasteiger partial charge in [-0.25, -0.2) is 19.6 Å². The molecule has 5 heteroatoms. The Balaban J connectivity index is 3.56. The maximum atomic E-state index is 10.3. The molecule has 9 heavy (non-hydrogen) atoms. The Morgan fingerprint density at radius 2 is 1.56 bits per heavy atom. The minimum Gasteiger partial charge on any atom is -0.256 e. The summed E-state index contributed by atoms with van der Waals surface area (Å²) in [5.41, 5.74) is -1.37. The van der Waals surface area contributed by atoms with Gasteiger partial charge in [0.1, 0.15) is 0 Å². The molecule has 0 saturated heterocycles. The third kappa shape index (κ3) is 1.45. The van der Waals surface area contributed by atoms with Crippen LogP contribution in [0.4, 0.5) is 0 Å². The predicted octanol–water partition coefficient (Wildman–Crippen LogP) is -1.47. The van der Waals surface area contributed by atoms with Crippen molar-refractivity contribution in [2.75, 3.05) is 0 Å². The van der Waals surface area contributed by atoms with Crippen molar-refractivity contribution in [2.45, 2.75) is 0 Å². The van der Waals surface area contributed by atoms with E-state index in [4.69, 9.17) is 0 Å². The second kappa shape index (κ2) is 2.17. The van der Waals surface area contributed by atoms with Crippen LogP contribution in [0.15, 0.2) is 22.0 Å². The number of nitrogens with one attached hydrogen (secondary N) is 1. The molecule has 5 nitrogen and oxygen atoms in total. The summed E-state index contributed by atoms with van der Waals surface area (Å²) < 4.78 is 0. The van der Waals surface area contributed by atoms with Crippen molar-refractivity contribution in [1.82, 2.24) is 15.0 Å². The molecule has 0 aliphatic carbocycles. The highest BCUT2D eigenvalue weighted by Gasteiger charge is 1.79. The van der Waals surface area contributed by atoms with Gasteiger partial charge < -0.3 is 0 Å². The van der Waals surface area contributed by atoms with E-state index >= 15 is 0 Å². The van der Waals surface area contributed by atoms with Crippen molar-refractivity contribution in [2.24, 2.45) is 0 Å². The summed E-state index contributed by atoms with van der Waals surface area (Å²) in [6.45, 7) is 0. The van der Waals surface area contributed by atoms with E-state index in [9.17, 15) is 9.59 Å². The average molecular weight is 125 g/mol. The minimum atomic E-state index is -0.683. The van der Waals surface area contributed by atoms with Gasteiger partial charge in [0.05, 0.1) is 12.4 Å². The monoisotopic (exact) mass is 125 g/mol. The molecule has 0 amide bonds. The first kappa shape index (κ1) is 5.61. The van der Waals surface area contributed by atoms with Crippen LogP contribution < -0.4 is 11.4 Å². The van der Waals surface area contributed by atoms with Crippen LogP contribution in [-0.2, 0) is 0 Å². The van der Waals surface area contributed by atoms with Gasteiger partial charge in [0.2, 0.25) is 0 Å². The Bertz CT molecular complexity index is 275. The Morgan fingerprint density at radius 1 is 1.11 bits per heavy atom. The molecule has 0 aliphatic rings. The Hall–Kier alpha value is -1.52. The lowest BCUT2D eigenvalue weighted by atomic mass is 10.9. The summed E-state index contributed by atoms with van der Waals surface area (Å²) in [4.78, 5) is 28.9. The smallest absolute Gasteiger partial charge is 0.256 e. The van der Waals surface area contributed by atoms with Crippen molar-refractivity contribution >= 4 is 0 Å². The lowest BCUT2D eigenvalue weighted by Crippen LogP contribution is -2.16. The Morgan fingerprint density at radius 3 is 2.00 bits per heavy atom. The zero-order chi connectivity index (χ0) is 6.69. The van der Waals surface area contributed by atoms with Crippen LogP contribution in [0.2, 0.25) is 0 Å². The molecule has 0 fully saturated rings. The molecule has 1 N–H and O–H groups in total. The first-order chi connectivity index (χ1) is 4.29. The van der Waals surface area contributed by atoms with Crippen LogP contribution in [0.1, 0.15) is 0 Å². The van der Waals surface area contributed by atoms with Gasteiger partial charge in [-0.1, -0.05) is 0 Å². The fraction of sp³-hybridized carbons (Fsp3) is 0. The first-order valence-electron chi connectivity index (χ1n) is 2.21. The molecule has 0 radical (unpaired) electrons. The molecule has 0 saturated carbocycles. The van der Waals surface area contributed by atoms with Crippen LogP contribution in [0.25, 0.3) is 0 Å². The van der Waals surface area contributed by atoms with Gasteiger partial charge >= 0.3 is 11.4 Å². The van der Waals surface area contributed by atoms with Gasteiger partial charge in [-0.3, -0.25) is 4.98 Å². The van der Waals surface area contributed by atoms with E-state index in [0.29, 0.717) is 0 Å². The van der Waals surface area contributed by atoms with Crippen molar-refractivity contribution in [3.05, 3.63) is 33.4 Å². The van der Waals surface area contributed by atoms with E-state index in [1.54, 1.807) is 0 Å². The highest BCUT2D eigenvalue weighted by molar-refractivity contribution is 4.65. The van der Waals surface area contributed by atoms with Crippen LogP contribution in [-0.4, -0.2) is 15.0 Å². The second-order valence-corrected chi connectivity index (χ2v) is 1.29. The predicted molar refractivity (Wildman–Crippen MR) is 28.9 cm³/mol. The molecule has 0 aromatic carbocycles. The minimum absolute atomic E-state index is 0.683. The third-order valence-corrected chi connectivity index (χ3v) is 0.664. The SMILES string of the molecule is O=c1nccnc(=O)[nH]1. The highest BCUT2D eigenvalue weighted by Crippen LogP contribution is 1.50. The summed E-state index contributed by atoms with van der Waals surface area (Å²) in [5.74, 6) is 0. The van der Waals surface area contributed by atoms with E-state index < -0.39 is 11.4 Å². The molecule has 1 rings (SSSR count). The standard InChI is InChI=1S/C4H3N3O2/c8-3-5-1-2-6-4(9)7-3/h1-2H,(H,7,8,9). The molecule has 1 aromatic heterocycles. The fourth-order valence-corrected chi connectivity index (χ4v) is 0.358. The molecule has 0 unspecified atom stereocenters. The van der Waals surface area contributed by atoms with Gasteiger partial charge in [0, 0.05) is 0 Å². The summed E-state index contributed by atoms with van der Waals surface area (Å²) in [6.07, 6.45) is 2.31. The van der Waals surface area contributed by atoms with E-state index in [2.05, 4.69) is 9.97 Å². The number of hydrogen-bond donors (Lipinski definition) is 1. The van der Waals surface area contributed by atoms with Crippen LogP contribution in [0.3, 0.4) is 0 Å². The number of aromatic amines is 1. The maximum Gasteiger partial charge on any atom is 0.349 e. The van der Waals surface area contributed by atoms with Crippen LogP contribution in [0, 0.1) is 0 Å². The Labute approximate surface area is 49.4 Å². The zero-order valence-corrected chi connectivity index (χ0v) is 4.37. The van der Waals surface area contributed by atoms with Gasteiger partial charge in [-0.15, -0.1) is 0 Å². The molecule has 0 atom stereocenters. The zero-order valence-electron chi connectivity index (χ0n) is 4.37. The molecule has 0 aliphatic heterocycles. The molecule has 0 spiro atoms. The fourth-order valence-electron chi connectivity index (χ4n) is 0.358. The van der Waals surface area contributed by atoms with E-state index in [-0.39, 0.29) is 0 Å². The summed E-state index contributed by atoms with van der Waals surface area (Å²) in [6, 6.07) is 0. The van der Waals surface area contributed by atoms with Crippen molar-refractivity contribution in [3.8, 4) is 0 Å². The maximum absolute atomic E-state index is 10.3. The summed E-state index contributed by atoms with van der Waals surface area (Å²) in [5, 5.41) is 0. The molecule has 0 bridgehead atoms. The Kier molecular flexibility index (Phi) is 1.35. The van der Waals surface area contributed by atoms with Gasteiger partial charge in [-0.2, -0.15) is 0 Å². The first-order valence-corrected chi connectivity index (χ1v) is 2.21. The molecule has 1 aromatic rings. The number of aromatic nitrogens is 3.